The van der Waals surface area contributed by atoms with Gasteiger partial charge in [-0.05, 0) is 68.2 Å². The van der Waals surface area contributed by atoms with E-state index in [1.54, 1.807) is 4.57 Å². The molecular formula is C30H29N3O3S. The fourth-order valence-corrected chi connectivity index (χ4v) is 6.07. The Hall–Kier alpha value is -3.97. The van der Waals surface area contributed by atoms with Gasteiger partial charge in [-0.3, -0.25) is 9.36 Å². The summed E-state index contributed by atoms with van der Waals surface area (Å²) in [5.74, 6) is -0.467. The van der Waals surface area contributed by atoms with Crippen LogP contribution in [0.15, 0.2) is 81.7 Å². The van der Waals surface area contributed by atoms with Crippen molar-refractivity contribution in [3.05, 3.63) is 120 Å². The number of allylic oxidation sites excluding steroid dienone is 1. The summed E-state index contributed by atoms with van der Waals surface area (Å²) in [6.07, 6.45) is 2.49. The molecule has 0 saturated carbocycles. The van der Waals surface area contributed by atoms with Gasteiger partial charge >= 0.3 is 5.97 Å². The summed E-state index contributed by atoms with van der Waals surface area (Å²) in [5.41, 5.74) is 7.12. The van der Waals surface area contributed by atoms with Gasteiger partial charge in [-0.15, -0.1) is 0 Å². The number of aromatic nitrogens is 2. The van der Waals surface area contributed by atoms with Gasteiger partial charge in [-0.2, -0.15) is 0 Å². The van der Waals surface area contributed by atoms with Crippen LogP contribution < -0.4 is 14.9 Å². The number of carbonyl (C=O) groups is 1. The molecule has 0 N–H and O–H groups in total. The van der Waals surface area contributed by atoms with E-state index in [0.29, 0.717) is 27.0 Å². The van der Waals surface area contributed by atoms with Crippen LogP contribution in [-0.2, 0) is 9.53 Å². The van der Waals surface area contributed by atoms with Crippen LogP contribution in [0.3, 0.4) is 0 Å². The van der Waals surface area contributed by atoms with Crippen molar-refractivity contribution in [1.82, 2.24) is 9.13 Å². The molecule has 2 aromatic carbocycles. The van der Waals surface area contributed by atoms with E-state index >= 15 is 0 Å². The summed E-state index contributed by atoms with van der Waals surface area (Å²) in [7, 11) is 1.36. The lowest BCUT2D eigenvalue weighted by Crippen LogP contribution is -2.40. The molecule has 1 aliphatic rings. The lowest BCUT2D eigenvalue weighted by molar-refractivity contribution is -0.136. The van der Waals surface area contributed by atoms with Gasteiger partial charge in [0.25, 0.3) is 5.56 Å². The summed E-state index contributed by atoms with van der Waals surface area (Å²) in [6.45, 7) is 8.17. The van der Waals surface area contributed by atoms with Crippen molar-refractivity contribution in [3.8, 4) is 5.69 Å². The molecule has 0 aliphatic carbocycles. The molecule has 7 heteroatoms. The maximum atomic E-state index is 13.9. The minimum absolute atomic E-state index is 0.172. The molecular weight excluding hydrogens is 482 g/mol. The molecule has 0 fully saturated rings. The van der Waals surface area contributed by atoms with Gasteiger partial charge in [-0.25, -0.2) is 9.79 Å². The van der Waals surface area contributed by atoms with Crippen LogP contribution in [0.25, 0.3) is 11.8 Å². The molecule has 2 aromatic heterocycles. The average molecular weight is 512 g/mol. The van der Waals surface area contributed by atoms with Crippen LogP contribution in [-0.4, -0.2) is 22.2 Å². The van der Waals surface area contributed by atoms with E-state index in [1.165, 1.54) is 24.0 Å². The Morgan fingerprint density at radius 2 is 1.84 bits per heavy atom. The minimum Gasteiger partial charge on any atom is -0.466 e. The number of benzene rings is 2. The highest BCUT2D eigenvalue weighted by molar-refractivity contribution is 7.07. The number of thiazole rings is 1. The van der Waals surface area contributed by atoms with Crippen LogP contribution in [0.1, 0.15) is 47.5 Å². The second-order valence-corrected chi connectivity index (χ2v) is 10.2. The minimum atomic E-state index is -0.596. The highest BCUT2D eigenvalue weighted by Crippen LogP contribution is 2.31. The van der Waals surface area contributed by atoms with E-state index in [9.17, 15) is 9.59 Å². The summed E-state index contributed by atoms with van der Waals surface area (Å²) < 4.78 is 9.55. The average Bonchev–Trinajstić information content (AvgIpc) is 3.36. The van der Waals surface area contributed by atoms with E-state index < -0.39 is 12.0 Å². The van der Waals surface area contributed by atoms with E-state index in [4.69, 9.17) is 9.73 Å². The first kappa shape index (κ1) is 24.7. The quantitative estimate of drug-likeness (QED) is 0.370. The second-order valence-electron chi connectivity index (χ2n) is 9.20. The molecule has 0 bridgehead atoms. The molecule has 0 saturated heterocycles. The maximum absolute atomic E-state index is 13.9. The van der Waals surface area contributed by atoms with Crippen molar-refractivity contribution in [2.75, 3.05) is 7.11 Å². The normalized spacial score (nSPS) is 15.5. The molecule has 4 aromatic rings. The topological polar surface area (TPSA) is 65.6 Å². The highest BCUT2D eigenvalue weighted by atomic mass is 32.1. The van der Waals surface area contributed by atoms with Gasteiger partial charge < -0.3 is 9.30 Å². The van der Waals surface area contributed by atoms with E-state index in [2.05, 4.69) is 55.7 Å². The van der Waals surface area contributed by atoms with Gasteiger partial charge in [0.15, 0.2) is 4.80 Å². The van der Waals surface area contributed by atoms with Crippen molar-refractivity contribution in [2.45, 2.75) is 40.2 Å². The number of esters is 1. The van der Waals surface area contributed by atoms with Gasteiger partial charge in [0, 0.05) is 17.1 Å². The monoisotopic (exact) mass is 511 g/mol. The Bertz CT molecular complexity index is 1720. The Morgan fingerprint density at radius 1 is 1.08 bits per heavy atom. The number of aryl methyl sites for hydroxylation is 2. The largest absolute Gasteiger partial charge is 0.466 e. The predicted octanol–water partition coefficient (Wildman–Crippen LogP) is 4.51. The SMILES string of the molecule is CCC1=C(C(=O)OC)[C@H](c2ccccc2)n2c(s/c(=C\c3cc(C)n(-c4cccc(C)c4)c3C)c2=O)=N1. The molecule has 0 amide bonds. The van der Waals surface area contributed by atoms with Gasteiger partial charge in [0.1, 0.15) is 0 Å². The molecule has 0 radical (unpaired) electrons. The van der Waals surface area contributed by atoms with Crippen molar-refractivity contribution in [1.29, 1.82) is 0 Å². The predicted molar refractivity (Wildman–Crippen MR) is 147 cm³/mol. The zero-order valence-corrected chi connectivity index (χ0v) is 22.4. The molecule has 37 heavy (non-hydrogen) atoms. The third kappa shape index (κ3) is 4.29. The standard InChI is InChI=1S/C30H29N3O3S/c1-6-24-26(29(35)36-5)27(21-12-8-7-9-13-21)33-28(34)25(37-30(33)31-24)17-22-16-19(3)32(20(22)4)23-14-10-11-18(2)15-23/h7-17,27H,6H2,1-5H3/b25-17-/t27-/m0/s1. The van der Waals surface area contributed by atoms with Crippen LogP contribution >= 0.6 is 11.3 Å². The molecule has 0 unspecified atom stereocenters. The number of ether oxygens (including phenoxy) is 1. The van der Waals surface area contributed by atoms with Crippen molar-refractivity contribution >= 4 is 23.4 Å². The van der Waals surface area contributed by atoms with Crippen LogP contribution in [0.2, 0.25) is 0 Å². The second kappa shape index (κ2) is 9.82. The maximum Gasteiger partial charge on any atom is 0.338 e. The Morgan fingerprint density at radius 3 is 2.51 bits per heavy atom. The molecule has 188 valence electrons. The van der Waals surface area contributed by atoms with E-state index in [-0.39, 0.29) is 5.56 Å². The fraction of sp³-hybridized carbons (Fsp3) is 0.233. The Labute approximate surface area is 219 Å². The lowest BCUT2D eigenvalue weighted by Gasteiger charge is -2.25. The first-order chi connectivity index (χ1) is 17.8. The van der Waals surface area contributed by atoms with E-state index in [0.717, 1.165) is 28.2 Å². The Balaban J connectivity index is 1.72. The van der Waals surface area contributed by atoms with Crippen molar-refractivity contribution in [3.63, 3.8) is 0 Å². The van der Waals surface area contributed by atoms with Crippen molar-refractivity contribution in [2.24, 2.45) is 4.99 Å². The van der Waals surface area contributed by atoms with Gasteiger partial charge in [0.2, 0.25) is 0 Å². The molecule has 1 aliphatic heterocycles. The van der Waals surface area contributed by atoms with Gasteiger partial charge in [-0.1, -0.05) is 60.7 Å². The first-order valence-electron chi connectivity index (χ1n) is 12.3. The zero-order chi connectivity index (χ0) is 26.3. The zero-order valence-electron chi connectivity index (χ0n) is 21.6. The number of nitrogens with zero attached hydrogens (tertiary/aromatic N) is 3. The molecule has 6 nitrogen and oxygen atoms in total. The Kier molecular flexibility index (Phi) is 6.56. The van der Waals surface area contributed by atoms with Crippen LogP contribution in [0.5, 0.6) is 0 Å². The third-order valence-electron chi connectivity index (χ3n) is 6.78. The number of rotatable bonds is 5. The summed E-state index contributed by atoms with van der Waals surface area (Å²) in [5, 5.41) is 0. The summed E-state index contributed by atoms with van der Waals surface area (Å²) in [4.78, 5) is 32.1. The third-order valence-corrected chi connectivity index (χ3v) is 7.77. The molecule has 3 heterocycles. The number of methoxy groups -OCH3 is 1. The van der Waals surface area contributed by atoms with Gasteiger partial charge in [0.05, 0.1) is 29.0 Å². The van der Waals surface area contributed by atoms with E-state index in [1.807, 2.05) is 43.3 Å². The summed E-state index contributed by atoms with van der Waals surface area (Å²) in [6, 6.07) is 19.5. The smallest absolute Gasteiger partial charge is 0.338 e. The number of fused-ring (bicyclic) bond motifs is 1. The molecule has 1 atom stereocenters. The van der Waals surface area contributed by atoms with Crippen molar-refractivity contribution < 1.29 is 9.53 Å². The fourth-order valence-electron chi connectivity index (χ4n) is 5.05. The van der Waals surface area contributed by atoms with Crippen LogP contribution in [0, 0.1) is 20.8 Å². The molecule has 5 rings (SSSR count). The highest BCUT2D eigenvalue weighted by Gasteiger charge is 2.33. The first-order valence-corrected chi connectivity index (χ1v) is 13.1. The summed E-state index contributed by atoms with van der Waals surface area (Å²) >= 11 is 1.35. The lowest BCUT2D eigenvalue weighted by atomic mass is 9.95. The number of hydrogen-bond acceptors (Lipinski definition) is 5. The molecule has 0 spiro atoms. The number of carbonyl (C=O) groups excluding carboxylic acids is 1. The number of hydrogen-bond donors (Lipinski definition) is 0. The van der Waals surface area contributed by atoms with Crippen LogP contribution in [0.4, 0.5) is 0 Å².